The van der Waals surface area contributed by atoms with Gasteiger partial charge in [-0.25, -0.2) is 0 Å². The van der Waals surface area contributed by atoms with Gasteiger partial charge in [-0.05, 0) is 54.3 Å². The van der Waals surface area contributed by atoms with Gasteiger partial charge in [0.05, 0.1) is 17.5 Å². The van der Waals surface area contributed by atoms with Crippen LogP contribution in [0.3, 0.4) is 0 Å². The topological polar surface area (TPSA) is 81.9 Å². The molecule has 0 radical (unpaired) electrons. The largest absolute Gasteiger partial charge is 0.376 e. The van der Waals surface area contributed by atoms with Crippen LogP contribution in [-0.2, 0) is 9.53 Å². The smallest absolute Gasteiger partial charge is 0.230 e. The first-order chi connectivity index (χ1) is 11.6. The van der Waals surface area contributed by atoms with Crippen LogP contribution in [0.5, 0.6) is 0 Å². The zero-order valence-electron chi connectivity index (χ0n) is 13.9. The van der Waals surface area contributed by atoms with Crippen LogP contribution in [0.1, 0.15) is 24.0 Å². The normalized spacial score (nSPS) is 17.2. The van der Waals surface area contributed by atoms with E-state index in [-0.39, 0.29) is 17.8 Å². The number of nitrogens with zero attached hydrogens (tertiary/aromatic N) is 4. The summed E-state index contributed by atoms with van der Waals surface area (Å²) in [6, 6.07) is 6.12. The Balaban J connectivity index is 1.59. The molecule has 7 nitrogen and oxygen atoms in total. The minimum atomic E-state index is -0.0361. The van der Waals surface area contributed by atoms with Crippen molar-refractivity contribution in [2.75, 3.05) is 18.9 Å². The second-order valence-electron chi connectivity index (χ2n) is 5.89. The number of amides is 1. The lowest BCUT2D eigenvalue weighted by Gasteiger charge is -2.11. The molecule has 1 aliphatic rings. The van der Waals surface area contributed by atoms with Crippen LogP contribution in [0.2, 0.25) is 0 Å². The van der Waals surface area contributed by atoms with Crippen molar-refractivity contribution in [3.63, 3.8) is 0 Å². The number of hydrogen-bond donors (Lipinski definition) is 1. The quantitative estimate of drug-likeness (QED) is 0.801. The van der Waals surface area contributed by atoms with Crippen molar-refractivity contribution >= 4 is 17.7 Å². The molecule has 0 saturated carbocycles. The molecule has 1 atom stereocenters. The molecule has 0 aliphatic carbocycles. The molecule has 1 aromatic heterocycles. The zero-order valence-corrected chi connectivity index (χ0v) is 14.7. The van der Waals surface area contributed by atoms with Crippen molar-refractivity contribution in [3.05, 3.63) is 29.3 Å². The van der Waals surface area contributed by atoms with E-state index in [4.69, 9.17) is 4.74 Å². The molecule has 1 N–H and O–H groups in total. The summed E-state index contributed by atoms with van der Waals surface area (Å²) >= 11 is 1.33. The van der Waals surface area contributed by atoms with Crippen LogP contribution in [0, 0.1) is 13.8 Å². The highest BCUT2D eigenvalue weighted by Crippen LogP contribution is 2.21. The van der Waals surface area contributed by atoms with Gasteiger partial charge in [-0.3, -0.25) is 4.79 Å². The molecule has 8 heteroatoms. The third kappa shape index (κ3) is 4.12. The summed E-state index contributed by atoms with van der Waals surface area (Å²) in [6.45, 7) is 5.40. The third-order valence-corrected chi connectivity index (χ3v) is 4.84. The average molecular weight is 347 g/mol. The second-order valence-corrected chi connectivity index (χ2v) is 6.83. The predicted molar refractivity (Wildman–Crippen MR) is 91.3 cm³/mol. The summed E-state index contributed by atoms with van der Waals surface area (Å²) in [4.78, 5) is 12.0. The van der Waals surface area contributed by atoms with Crippen molar-refractivity contribution < 1.29 is 9.53 Å². The summed E-state index contributed by atoms with van der Waals surface area (Å²) in [6.07, 6.45) is 2.23. The van der Waals surface area contributed by atoms with Crippen molar-refractivity contribution in [1.29, 1.82) is 0 Å². The maximum absolute atomic E-state index is 12.0. The number of carbonyl (C=O) groups is 1. The number of aromatic nitrogens is 4. The lowest BCUT2D eigenvalue weighted by molar-refractivity contribution is -0.119. The Morgan fingerprint density at radius 2 is 2.33 bits per heavy atom. The van der Waals surface area contributed by atoms with E-state index in [1.54, 1.807) is 4.68 Å². The molecule has 1 aromatic carbocycles. The Bertz CT molecular complexity index is 712. The number of thioether (sulfide) groups is 1. The van der Waals surface area contributed by atoms with Crippen LogP contribution in [0.15, 0.2) is 23.4 Å². The van der Waals surface area contributed by atoms with Gasteiger partial charge in [-0.15, -0.1) is 5.10 Å². The van der Waals surface area contributed by atoms with E-state index in [2.05, 4.69) is 26.9 Å². The molecule has 1 unspecified atom stereocenters. The van der Waals surface area contributed by atoms with Crippen molar-refractivity contribution in [1.82, 2.24) is 25.5 Å². The maximum Gasteiger partial charge on any atom is 0.230 e. The van der Waals surface area contributed by atoms with Gasteiger partial charge < -0.3 is 10.1 Å². The third-order valence-electron chi connectivity index (χ3n) is 3.92. The highest BCUT2D eigenvalue weighted by molar-refractivity contribution is 7.99. The fourth-order valence-electron chi connectivity index (χ4n) is 2.58. The van der Waals surface area contributed by atoms with E-state index in [0.717, 1.165) is 36.3 Å². The maximum atomic E-state index is 12.0. The fraction of sp³-hybridized carbons (Fsp3) is 0.500. The molecule has 1 aliphatic heterocycles. The molecule has 24 heavy (non-hydrogen) atoms. The number of tetrazole rings is 1. The summed E-state index contributed by atoms with van der Waals surface area (Å²) < 4.78 is 7.18. The van der Waals surface area contributed by atoms with Crippen LogP contribution < -0.4 is 5.32 Å². The number of ether oxygens (including phenoxy) is 1. The Hall–Kier alpha value is -1.93. The molecule has 1 amide bonds. The summed E-state index contributed by atoms with van der Waals surface area (Å²) in [5.74, 6) is 0.240. The van der Waals surface area contributed by atoms with E-state index >= 15 is 0 Å². The Kier molecular flexibility index (Phi) is 5.47. The number of nitrogens with one attached hydrogen (secondary N) is 1. The van der Waals surface area contributed by atoms with Crippen molar-refractivity contribution in [3.8, 4) is 5.69 Å². The number of aryl methyl sites for hydroxylation is 2. The number of benzene rings is 1. The zero-order chi connectivity index (χ0) is 16.9. The SMILES string of the molecule is Cc1ccc(C)c(-n2nnnc2SCC(=O)NCC2CCCO2)c1. The fourth-order valence-corrected chi connectivity index (χ4v) is 3.30. The van der Waals surface area contributed by atoms with Gasteiger partial charge in [0.15, 0.2) is 0 Å². The standard InChI is InChI=1S/C16H21N5O2S/c1-11-5-6-12(2)14(8-11)21-16(18-19-20-21)24-10-15(22)17-9-13-4-3-7-23-13/h5-6,8,13H,3-4,7,9-10H2,1-2H3,(H,17,22). The Morgan fingerprint density at radius 3 is 3.12 bits per heavy atom. The van der Waals surface area contributed by atoms with Gasteiger partial charge in [-0.2, -0.15) is 4.68 Å². The Labute approximate surface area is 145 Å². The highest BCUT2D eigenvalue weighted by Gasteiger charge is 2.17. The van der Waals surface area contributed by atoms with Crippen molar-refractivity contribution in [2.24, 2.45) is 0 Å². The molecule has 2 heterocycles. The molecule has 128 valence electrons. The molecule has 0 spiro atoms. The second kappa shape index (κ2) is 7.76. The minimum Gasteiger partial charge on any atom is -0.376 e. The lowest BCUT2D eigenvalue weighted by atomic mass is 10.1. The molecular formula is C16H21N5O2S. The van der Waals surface area contributed by atoms with Gasteiger partial charge in [0.1, 0.15) is 0 Å². The molecular weight excluding hydrogens is 326 g/mol. The first-order valence-electron chi connectivity index (χ1n) is 8.00. The van der Waals surface area contributed by atoms with E-state index in [1.807, 2.05) is 26.0 Å². The summed E-state index contributed by atoms with van der Waals surface area (Å²) in [7, 11) is 0. The van der Waals surface area contributed by atoms with E-state index < -0.39 is 0 Å². The van der Waals surface area contributed by atoms with Gasteiger partial charge in [0.2, 0.25) is 11.1 Å². The average Bonchev–Trinajstić information content (AvgIpc) is 3.24. The molecule has 1 fully saturated rings. The summed E-state index contributed by atoms with van der Waals surface area (Å²) in [5.41, 5.74) is 3.15. The molecule has 3 rings (SSSR count). The Morgan fingerprint density at radius 1 is 1.46 bits per heavy atom. The predicted octanol–water partition coefficient (Wildman–Crippen LogP) is 1.67. The van der Waals surface area contributed by atoms with Crippen molar-refractivity contribution in [2.45, 2.75) is 37.9 Å². The van der Waals surface area contributed by atoms with Gasteiger partial charge in [0.25, 0.3) is 0 Å². The van der Waals surface area contributed by atoms with Crippen LogP contribution in [0.25, 0.3) is 5.69 Å². The minimum absolute atomic E-state index is 0.0361. The lowest BCUT2D eigenvalue weighted by Crippen LogP contribution is -2.32. The monoisotopic (exact) mass is 347 g/mol. The van der Waals surface area contributed by atoms with E-state index in [0.29, 0.717) is 11.7 Å². The first-order valence-corrected chi connectivity index (χ1v) is 8.99. The van der Waals surface area contributed by atoms with Crippen LogP contribution >= 0.6 is 11.8 Å². The van der Waals surface area contributed by atoms with Gasteiger partial charge >= 0.3 is 0 Å². The molecule has 0 bridgehead atoms. The number of carbonyl (C=O) groups excluding carboxylic acids is 1. The first kappa shape index (κ1) is 16.9. The molecule has 1 saturated heterocycles. The highest BCUT2D eigenvalue weighted by atomic mass is 32.2. The van der Waals surface area contributed by atoms with Gasteiger partial charge in [0, 0.05) is 13.2 Å². The summed E-state index contributed by atoms with van der Waals surface area (Å²) in [5, 5.41) is 15.3. The van der Waals surface area contributed by atoms with Crippen LogP contribution in [0.4, 0.5) is 0 Å². The van der Waals surface area contributed by atoms with Gasteiger partial charge in [-0.1, -0.05) is 23.9 Å². The van der Waals surface area contributed by atoms with Crippen LogP contribution in [-0.4, -0.2) is 51.1 Å². The van der Waals surface area contributed by atoms with E-state index in [1.165, 1.54) is 11.8 Å². The van der Waals surface area contributed by atoms with E-state index in [9.17, 15) is 4.79 Å². The number of rotatable bonds is 6. The number of hydrogen-bond acceptors (Lipinski definition) is 6. The molecule has 2 aromatic rings.